The number of aryl methyl sites for hydroxylation is 1. The molecule has 1 aromatic carbocycles. The normalized spacial score (nSPS) is 19.0. The van der Waals surface area contributed by atoms with Crippen LogP contribution in [0.2, 0.25) is 0 Å². The van der Waals surface area contributed by atoms with E-state index in [1.807, 2.05) is 43.4 Å². The number of anilines is 1. The van der Waals surface area contributed by atoms with E-state index < -0.39 is 0 Å². The molecule has 1 aliphatic heterocycles. The average molecular weight is 371 g/mol. The first-order valence-electron chi connectivity index (χ1n) is 9.20. The molecule has 2 atom stereocenters. The fourth-order valence-corrected chi connectivity index (χ4v) is 3.55. The number of hydrogen-bond acceptors (Lipinski definition) is 5. The third-order valence-corrected chi connectivity index (χ3v) is 4.98. The first-order chi connectivity index (χ1) is 13.4. The fourth-order valence-electron chi connectivity index (χ4n) is 3.55. The maximum Gasteiger partial charge on any atom is 0.237 e. The van der Waals surface area contributed by atoms with Gasteiger partial charge in [0.05, 0.1) is 11.2 Å². The van der Waals surface area contributed by atoms with Crippen molar-refractivity contribution in [1.82, 2.24) is 19.9 Å². The van der Waals surface area contributed by atoms with Gasteiger partial charge in [0.15, 0.2) is 5.82 Å². The van der Waals surface area contributed by atoms with Gasteiger partial charge in [-0.25, -0.2) is 15.0 Å². The number of amides is 1. The van der Waals surface area contributed by atoms with E-state index in [9.17, 15) is 4.79 Å². The SMILES string of the molecule is Cc1nc(N)c2nc(-c3cccc(C#C[C@@H]4C(=O)N(C)C[C@@H]4C)c3)ccc2n1. The van der Waals surface area contributed by atoms with Gasteiger partial charge in [-0.1, -0.05) is 30.9 Å². The predicted octanol–water partition coefficient (Wildman–Crippen LogP) is 2.66. The summed E-state index contributed by atoms with van der Waals surface area (Å²) in [5, 5.41) is 0. The van der Waals surface area contributed by atoms with E-state index in [4.69, 9.17) is 5.73 Å². The Bertz CT molecular complexity index is 1140. The molecule has 0 radical (unpaired) electrons. The van der Waals surface area contributed by atoms with Crippen LogP contribution in [0, 0.1) is 30.6 Å². The number of fused-ring (bicyclic) bond motifs is 1. The maximum absolute atomic E-state index is 12.2. The number of carbonyl (C=O) groups is 1. The van der Waals surface area contributed by atoms with Crippen LogP contribution in [0.4, 0.5) is 5.82 Å². The molecule has 0 aliphatic carbocycles. The standard InChI is InChI=1S/C22H21N5O/c1-13-12-27(3)22(28)17(13)8-7-15-5-4-6-16(11-15)18-9-10-19-20(26-18)21(23)25-14(2)24-19/h4-6,9-11,13,17H,12H2,1-3H3,(H2,23,24,25)/t13-,17-/m0/s1. The Balaban J connectivity index is 1.68. The van der Waals surface area contributed by atoms with Crippen LogP contribution < -0.4 is 5.73 Å². The van der Waals surface area contributed by atoms with Crippen LogP contribution in [-0.2, 0) is 4.79 Å². The second kappa shape index (κ2) is 6.93. The van der Waals surface area contributed by atoms with Gasteiger partial charge in [-0.3, -0.25) is 4.79 Å². The van der Waals surface area contributed by atoms with E-state index in [0.717, 1.165) is 28.9 Å². The molecule has 3 heterocycles. The molecule has 1 aliphatic rings. The lowest BCUT2D eigenvalue weighted by atomic mass is 9.97. The van der Waals surface area contributed by atoms with Crippen molar-refractivity contribution >= 4 is 22.8 Å². The molecule has 1 fully saturated rings. The third kappa shape index (κ3) is 3.27. The molecule has 2 aromatic heterocycles. The molecule has 2 N–H and O–H groups in total. The largest absolute Gasteiger partial charge is 0.382 e. The number of nitrogens with two attached hydrogens (primary N) is 1. The highest BCUT2D eigenvalue weighted by Crippen LogP contribution is 2.24. The summed E-state index contributed by atoms with van der Waals surface area (Å²) in [5.41, 5.74) is 9.89. The number of rotatable bonds is 1. The van der Waals surface area contributed by atoms with Gasteiger partial charge < -0.3 is 10.6 Å². The molecule has 3 aromatic rings. The Hall–Kier alpha value is -3.46. The first-order valence-corrected chi connectivity index (χ1v) is 9.20. The molecule has 1 saturated heterocycles. The minimum absolute atomic E-state index is 0.0955. The van der Waals surface area contributed by atoms with Gasteiger partial charge in [0.1, 0.15) is 17.3 Å². The quantitative estimate of drug-likeness (QED) is 0.665. The zero-order chi connectivity index (χ0) is 19.8. The molecule has 6 heteroatoms. The fraction of sp³-hybridized carbons (Fsp3) is 0.273. The molecule has 1 amide bonds. The summed E-state index contributed by atoms with van der Waals surface area (Å²) >= 11 is 0. The minimum Gasteiger partial charge on any atom is -0.382 e. The van der Waals surface area contributed by atoms with Gasteiger partial charge in [-0.2, -0.15) is 0 Å². The third-order valence-electron chi connectivity index (χ3n) is 4.98. The molecular formula is C22H21N5O. The zero-order valence-electron chi connectivity index (χ0n) is 16.1. The number of carbonyl (C=O) groups excluding carboxylic acids is 1. The summed E-state index contributed by atoms with van der Waals surface area (Å²) in [6.07, 6.45) is 0. The maximum atomic E-state index is 12.2. The van der Waals surface area contributed by atoms with Gasteiger partial charge in [0, 0.05) is 24.7 Å². The molecule has 4 rings (SSSR count). The molecule has 6 nitrogen and oxygen atoms in total. The van der Waals surface area contributed by atoms with Crippen molar-refractivity contribution in [2.45, 2.75) is 13.8 Å². The summed E-state index contributed by atoms with van der Waals surface area (Å²) in [5.74, 6) is 7.40. The van der Waals surface area contributed by atoms with Crippen molar-refractivity contribution in [2.24, 2.45) is 11.8 Å². The number of aromatic nitrogens is 3. The van der Waals surface area contributed by atoms with Gasteiger partial charge >= 0.3 is 0 Å². The van der Waals surface area contributed by atoms with Crippen molar-refractivity contribution in [1.29, 1.82) is 0 Å². The summed E-state index contributed by atoms with van der Waals surface area (Å²) in [6.45, 7) is 4.62. The van der Waals surface area contributed by atoms with Crippen LogP contribution in [0.15, 0.2) is 36.4 Å². The molecule has 0 unspecified atom stereocenters. The van der Waals surface area contributed by atoms with Gasteiger partial charge in [-0.05, 0) is 37.1 Å². The van der Waals surface area contributed by atoms with E-state index in [0.29, 0.717) is 17.2 Å². The number of nitrogen functional groups attached to an aromatic ring is 1. The first kappa shape index (κ1) is 17.9. The van der Waals surface area contributed by atoms with E-state index in [1.54, 1.807) is 11.8 Å². The highest BCUT2D eigenvalue weighted by molar-refractivity contribution is 5.86. The topological polar surface area (TPSA) is 85.0 Å². The highest BCUT2D eigenvalue weighted by Gasteiger charge is 2.34. The van der Waals surface area contributed by atoms with Gasteiger partial charge in [0.2, 0.25) is 5.91 Å². The number of nitrogens with zero attached hydrogens (tertiary/aromatic N) is 4. The average Bonchev–Trinajstić information content (AvgIpc) is 2.91. The Labute approximate surface area is 163 Å². The molecule has 0 spiro atoms. The monoisotopic (exact) mass is 371 g/mol. The highest BCUT2D eigenvalue weighted by atomic mass is 16.2. The van der Waals surface area contributed by atoms with Crippen molar-refractivity contribution in [3.05, 3.63) is 47.8 Å². The van der Waals surface area contributed by atoms with Gasteiger partial charge in [-0.15, -0.1) is 0 Å². The summed E-state index contributed by atoms with van der Waals surface area (Å²) < 4.78 is 0. The lowest BCUT2D eigenvalue weighted by Crippen LogP contribution is -2.21. The van der Waals surface area contributed by atoms with Crippen molar-refractivity contribution in [3.63, 3.8) is 0 Å². The molecule has 140 valence electrons. The van der Waals surface area contributed by atoms with Crippen molar-refractivity contribution in [2.75, 3.05) is 19.3 Å². The summed E-state index contributed by atoms with van der Waals surface area (Å²) in [7, 11) is 1.82. The van der Waals surface area contributed by atoms with E-state index in [-0.39, 0.29) is 17.7 Å². The van der Waals surface area contributed by atoms with Crippen LogP contribution in [0.1, 0.15) is 18.3 Å². The van der Waals surface area contributed by atoms with Crippen molar-refractivity contribution < 1.29 is 4.79 Å². The lowest BCUT2D eigenvalue weighted by molar-refractivity contribution is -0.128. The van der Waals surface area contributed by atoms with Crippen molar-refractivity contribution in [3.8, 4) is 23.1 Å². The Morgan fingerprint density at radius 1 is 1.18 bits per heavy atom. The van der Waals surface area contributed by atoms with E-state index in [1.165, 1.54) is 0 Å². The van der Waals surface area contributed by atoms with Crippen LogP contribution in [0.3, 0.4) is 0 Å². The van der Waals surface area contributed by atoms with Crippen LogP contribution >= 0.6 is 0 Å². The second-order valence-corrected chi connectivity index (χ2v) is 7.24. The predicted molar refractivity (Wildman–Crippen MR) is 109 cm³/mol. The molecular weight excluding hydrogens is 350 g/mol. The number of pyridine rings is 1. The Morgan fingerprint density at radius 2 is 2.00 bits per heavy atom. The van der Waals surface area contributed by atoms with Crippen LogP contribution in [-0.4, -0.2) is 39.4 Å². The Kier molecular flexibility index (Phi) is 4.44. The summed E-state index contributed by atoms with van der Waals surface area (Å²) in [6, 6.07) is 11.6. The van der Waals surface area contributed by atoms with E-state index in [2.05, 4.69) is 33.7 Å². The van der Waals surface area contributed by atoms with Crippen LogP contribution in [0.25, 0.3) is 22.3 Å². The summed E-state index contributed by atoms with van der Waals surface area (Å²) in [4.78, 5) is 27.1. The van der Waals surface area contributed by atoms with E-state index >= 15 is 0 Å². The second-order valence-electron chi connectivity index (χ2n) is 7.24. The zero-order valence-corrected chi connectivity index (χ0v) is 16.1. The molecule has 0 bridgehead atoms. The minimum atomic E-state index is -0.243. The number of benzene rings is 1. The molecule has 28 heavy (non-hydrogen) atoms. The Morgan fingerprint density at radius 3 is 2.75 bits per heavy atom. The lowest BCUT2D eigenvalue weighted by Gasteiger charge is -2.06. The molecule has 0 saturated carbocycles. The van der Waals surface area contributed by atoms with Crippen LogP contribution in [0.5, 0.6) is 0 Å². The number of likely N-dealkylation sites (tertiary alicyclic amines) is 1. The number of hydrogen-bond donors (Lipinski definition) is 1. The smallest absolute Gasteiger partial charge is 0.237 e. The van der Waals surface area contributed by atoms with Gasteiger partial charge in [0.25, 0.3) is 0 Å².